The lowest BCUT2D eigenvalue weighted by atomic mass is 10.3. The van der Waals surface area contributed by atoms with Crippen molar-refractivity contribution in [1.29, 1.82) is 0 Å². The van der Waals surface area contributed by atoms with Crippen LogP contribution in [0.1, 0.15) is 12.7 Å². The van der Waals surface area contributed by atoms with Gasteiger partial charge in [0.1, 0.15) is 12.1 Å². The molecule has 3 rings (SSSR count). The molecule has 0 saturated carbocycles. The van der Waals surface area contributed by atoms with E-state index < -0.39 is 5.25 Å². The van der Waals surface area contributed by atoms with Crippen molar-refractivity contribution >= 4 is 40.4 Å². The number of rotatable bonds is 6. The zero-order chi connectivity index (χ0) is 17.8. The summed E-state index contributed by atoms with van der Waals surface area (Å²) < 4.78 is 6.46. The summed E-state index contributed by atoms with van der Waals surface area (Å²) in [6.45, 7) is 3.47. The average Bonchev–Trinajstić information content (AvgIpc) is 3.19. The molecule has 0 saturated heterocycles. The number of amides is 2. The molecular formula is C16H17N5O3S. The Morgan fingerprint density at radius 3 is 2.92 bits per heavy atom. The fourth-order valence-electron chi connectivity index (χ4n) is 2.14. The third kappa shape index (κ3) is 4.18. The summed E-state index contributed by atoms with van der Waals surface area (Å²) in [4.78, 5) is 28.4. The van der Waals surface area contributed by atoms with Crippen LogP contribution in [0, 0.1) is 6.92 Å². The minimum atomic E-state index is -0.415. The maximum atomic E-state index is 12.1. The van der Waals surface area contributed by atoms with Gasteiger partial charge in [-0.15, -0.1) is 11.8 Å². The maximum Gasteiger partial charge on any atom is 0.248 e. The fourth-order valence-corrected chi connectivity index (χ4v) is 2.82. The molecular weight excluding hydrogens is 342 g/mol. The number of aryl methyl sites for hydroxylation is 1. The molecule has 1 atom stereocenters. The lowest BCUT2D eigenvalue weighted by molar-refractivity contribution is -0.115. The predicted octanol–water partition coefficient (Wildman–Crippen LogP) is 2.16. The minimum absolute atomic E-state index is 0.138. The number of nitrogens with zero attached hydrogens (tertiary/aromatic N) is 3. The number of carbonyl (C=O) groups is 2. The van der Waals surface area contributed by atoms with Crippen molar-refractivity contribution in [3.63, 3.8) is 0 Å². The molecule has 0 aliphatic carbocycles. The number of thioether (sulfide) groups is 1. The SMILES string of the molecule is Cc1cc(NC(=O)C(C)SCC(=O)Nn2cnc3ccccc32)no1. The molecule has 0 radical (unpaired) electrons. The van der Waals surface area contributed by atoms with Crippen molar-refractivity contribution in [2.45, 2.75) is 19.1 Å². The van der Waals surface area contributed by atoms with Gasteiger partial charge in [-0.25, -0.2) is 9.66 Å². The molecule has 0 spiro atoms. The highest BCUT2D eigenvalue weighted by Gasteiger charge is 2.17. The quantitative estimate of drug-likeness (QED) is 0.699. The van der Waals surface area contributed by atoms with E-state index in [2.05, 4.69) is 20.9 Å². The third-order valence-electron chi connectivity index (χ3n) is 3.41. The van der Waals surface area contributed by atoms with Crippen molar-refractivity contribution in [3.8, 4) is 0 Å². The molecule has 25 heavy (non-hydrogen) atoms. The minimum Gasteiger partial charge on any atom is -0.360 e. The van der Waals surface area contributed by atoms with E-state index in [1.165, 1.54) is 11.8 Å². The Kier molecular flexibility index (Phi) is 5.03. The van der Waals surface area contributed by atoms with E-state index in [0.29, 0.717) is 11.6 Å². The fraction of sp³-hybridized carbons (Fsp3) is 0.250. The summed E-state index contributed by atoms with van der Waals surface area (Å²) in [5.41, 5.74) is 4.36. The molecule has 0 fully saturated rings. The molecule has 0 bridgehead atoms. The van der Waals surface area contributed by atoms with Gasteiger partial charge >= 0.3 is 0 Å². The van der Waals surface area contributed by atoms with Crippen LogP contribution in [0.3, 0.4) is 0 Å². The Bertz CT molecular complexity index is 904. The van der Waals surface area contributed by atoms with Gasteiger partial charge in [0.05, 0.1) is 22.0 Å². The second-order valence-corrected chi connectivity index (χ2v) is 6.73. The second-order valence-electron chi connectivity index (χ2n) is 5.40. The first-order valence-corrected chi connectivity index (χ1v) is 8.65. The van der Waals surface area contributed by atoms with Crippen LogP contribution in [0.2, 0.25) is 0 Å². The van der Waals surface area contributed by atoms with Crippen LogP contribution in [0.15, 0.2) is 41.2 Å². The normalized spacial score (nSPS) is 12.1. The van der Waals surface area contributed by atoms with E-state index in [1.54, 1.807) is 30.9 Å². The highest BCUT2D eigenvalue weighted by molar-refractivity contribution is 8.01. The summed E-state index contributed by atoms with van der Waals surface area (Å²) in [5, 5.41) is 5.94. The number of para-hydroxylation sites is 2. The average molecular weight is 359 g/mol. The summed E-state index contributed by atoms with van der Waals surface area (Å²) in [6.07, 6.45) is 1.55. The van der Waals surface area contributed by atoms with Crippen molar-refractivity contribution < 1.29 is 14.1 Å². The smallest absolute Gasteiger partial charge is 0.248 e. The number of nitrogens with one attached hydrogen (secondary N) is 2. The Morgan fingerprint density at radius 1 is 1.36 bits per heavy atom. The molecule has 1 aromatic carbocycles. The topological polar surface area (TPSA) is 102 Å². The summed E-state index contributed by atoms with van der Waals surface area (Å²) in [5.74, 6) is 0.662. The molecule has 2 aromatic heterocycles. The summed E-state index contributed by atoms with van der Waals surface area (Å²) in [7, 11) is 0. The summed E-state index contributed by atoms with van der Waals surface area (Å²) in [6, 6.07) is 9.12. The lowest BCUT2D eigenvalue weighted by Crippen LogP contribution is -2.27. The monoisotopic (exact) mass is 359 g/mol. The van der Waals surface area contributed by atoms with Gasteiger partial charge in [0, 0.05) is 6.07 Å². The molecule has 9 heteroatoms. The van der Waals surface area contributed by atoms with E-state index in [0.717, 1.165) is 11.0 Å². The lowest BCUT2D eigenvalue weighted by Gasteiger charge is -2.11. The number of imidazole rings is 1. The number of benzene rings is 1. The number of hydrogen-bond acceptors (Lipinski definition) is 6. The number of hydrogen-bond donors (Lipinski definition) is 2. The molecule has 3 aromatic rings. The van der Waals surface area contributed by atoms with E-state index >= 15 is 0 Å². The summed E-state index contributed by atoms with van der Waals surface area (Å²) >= 11 is 1.23. The number of anilines is 1. The third-order valence-corrected chi connectivity index (χ3v) is 4.55. The van der Waals surface area contributed by atoms with Gasteiger partial charge in [-0.05, 0) is 26.0 Å². The van der Waals surface area contributed by atoms with Crippen LogP contribution < -0.4 is 10.7 Å². The van der Waals surface area contributed by atoms with Crippen LogP contribution in [-0.4, -0.2) is 37.6 Å². The van der Waals surface area contributed by atoms with Crippen LogP contribution in [0.25, 0.3) is 11.0 Å². The number of carbonyl (C=O) groups excluding carboxylic acids is 2. The van der Waals surface area contributed by atoms with Crippen LogP contribution in [0.5, 0.6) is 0 Å². The van der Waals surface area contributed by atoms with Crippen LogP contribution in [0.4, 0.5) is 5.82 Å². The first-order valence-electron chi connectivity index (χ1n) is 7.60. The molecule has 2 heterocycles. The molecule has 0 aliphatic heterocycles. The van der Waals surface area contributed by atoms with E-state index in [-0.39, 0.29) is 17.6 Å². The molecule has 2 amide bonds. The Morgan fingerprint density at radius 2 is 2.16 bits per heavy atom. The molecule has 2 N–H and O–H groups in total. The molecule has 0 aliphatic rings. The zero-order valence-corrected chi connectivity index (χ0v) is 14.5. The van der Waals surface area contributed by atoms with E-state index in [9.17, 15) is 9.59 Å². The standard InChI is InChI=1S/C16H17N5O3S/c1-10-7-14(20-24-10)18-16(23)11(2)25-8-15(22)19-21-9-17-12-5-3-4-6-13(12)21/h3-7,9,11H,8H2,1-2H3,(H,19,22)(H,18,20,23). The van der Waals surface area contributed by atoms with Gasteiger partial charge in [0.25, 0.3) is 0 Å². The first kappa shape index (κ1) is 17.0. The second kappa shape index (κ2) is 7.39. The van der Waals surface area contributed by atoms with Crippen molar-refractivity contribution in [3.05, 3.63) is 42.4 Å². The van der Waals surface area contributed by atoms with Gasteiger partial charge in [0.15, 0.2) is 5.82 Å². The van der Waals surface area contributed by atoms with Gasteiger partial charge in [0.2, 0.25) is 11.8 Å². The Hall–Kier alpha value is -2.81. The largest absolute Gasteiger partial charge is 0.360 e. The van der Waals surface area contributed by atoms with E-state index in [1.807, 2.05) is 24.3 Å². The van der Waals surface area contributed by atoms with Crippen molar-refractivity contribution in [2.75, 3.05) is 16.5 Å². The Balaban J connectivity index is 1.50. The van der Waals surface area contributed by atoms with Gasteiger partial charge < -0.3 is 9.84 Å². The maximum absolute atomic E-state index is 12.1. The number of fused-ring (bicyclic) bond motifs is 1. The van der Waals surface area contributed by atoms with Crippen LogP contribution in [-0.2, 0) is 9.59 Å². The number of aromatic nitrogens is 3. The van der Waals surface area contributed by atoms with Crippen molar-refractivity contribution in [1.82, 2.24) is 14.8 Å². The Labute approximate surface area is 147 Å². The molecule has 8 nitrogen and oxygen atoms in total. The zero-order valence-electron chi connectivity index (χ0n) is 13.7. The van der Waals surface area contributed by atoms with Crippen molar-refractivity contribution in [2.24, 2.45) is 0 Å². The van der Waals surface area contributed by atoms with E-state index in [4.69, 9.17) is 4.52 Å². The van der Waals surface area contributed by atoms with Gasteiger partial charge in [-0.1, -0.05) is 17.3 Å². The van der Waals surface area contributed by atoms with Gasteiger partial charge in [-0.3, -0.25) is 15.0 Å². The molecule has 1 unspecified atom stereocenters. The highest BCUT2D eigenvalue weighted by atomic mass is 32.2. The van der Waals surface area contributed by atoms with Gasteiger partial charge in [-0.2, -0.15) is 0 Å². The highest BCUT2D eigenvalue weighted by Crippen LogP contribution is 2.15. The predicted molar refractivity (Wildman–Crippen MR) is 95.9 cm³/mol. The van der Waals surface area contributed by atoms with Crippen LogP contribution >= 0.6 is 11.8 Å². The first-order chi connectivity index (χ1) is 12.0. The molecule has 130 valence electrons.